The lowest BCUT2D eigenvalue weighted by Gasteiger charge is -2.13. The van der Waals surface area contributed by atoms with E-state index in [1.54, 1.807) is 48.7 Å². The Balaban J connectivity index is 1.80. The van der Waals surface area contributed by atoms with E-state index in [4.69, 9.17) is 15.6 Å². The number of hydrogen-bond acceptors (Lipinski definition) is 8. The molecule has 0 unspecified atom stereocenters. The molecule has 0 saturated carbocycles. The highest BCUT2D eigenvalue weighted by atomic mass is 32.2. The van der Waals surface area contributed by atoms with Crippen molar-refractivity contribution < 1.29 is 9.53 Å². The number of carbonyl (C=O) groups is 1. The van der Waals surface area contributed by atoms with Gasteiger partial charge in [0.25, 0.3) is 0 Å². The molecule has 0 radical (unpaired) electrons. The molecule has 0 aromatic carbocycles. The van der Waals surface area contributed by atoms with Gasteiger partial charge in [-0.1, -0.05) is 0 Å². The molecule has 0 spiro atoms. The summed E-state index contributed by atoms with van der Waals surface area (Å²) >= 11 is 1.55. The van der Waals surface area contributed by atoms with Crippen LogP contribution in [0.4, 0.5) is 5.95 Å². The van der Waals surface area contributed by atoms with Crippen molar-refractivity contribution in [3.8, 4) is 5.75 Å². The van der Waals surface area contributed by atoms with Gasteiger partial charge < -0.3 is 15.4 Å². The number of thioether (sulfide) groups is 1. The number of anilines is 1. The molecule has 3 aromatic rings. The number of nitrogen functional groups attached to an aromatic ring is 1. The van der Waals surface area contributed by atoms with Crippen LogP contribution in [0, 0.1) is 13.8 Å². The second kappa shape index (κ2) is 8.18. The first-order valence-electron chi connectivity index (χ1n) is 9.84. The fraction of sp³-hybridized carbons (Fsp3) is 0.381. The Hall–Kier alpha value is -3.14. The van der Waals surface area contributed by atoms with Gasteiger partial charge in [-0.15, -0.1) is 11.8 Å². The molecule has 1 aliphatic rings. The number of hydrogen-bond donors (Lipinski definition) is 1. The third-order valence-corrected chi connectivity index (χ3v) is 6.35. The molecule has 1 amide bonds. The van der Waals surface area contributed by atoms with Crippen LogP contribution in [0.3, 0.4) is 0 Å². The zero-order chi connectivity index (χ0) is 22.3. The van der Waals surface area contributed by atoms with Crippen molar-refractivity contribution in [2.24, 2.45) is 0 Å². The number of methoxy groups -OCH3 is 1. The zero-order valence-electron chi connectivity index (χ0n) is 18.3. The molecule has 0 saturated heterocycles. The number of nitrogens with zero attached hydrogens (tertiary/aromatic N) is 6. The first-order chi connectivity index (χ1) is 14.8. The number of carbonyl (C=O) groups excluding carboxylic acids is 1. The summed E-state index contributed by atoms with van der Waals surface area (Å²) in [4.78, 5) is 27.3. The van der Waals surface area contributed by atoms with Gasteiger partial charge in [-0.05, 0) is 25.5 Å². The van der Waals surface area contributed by atoms with Crippen molar-refractivity contribution in [3.63, 3.8) is 0 Å². The topological polar surface area (TPSA) is 112 Å². The molecular weight excluding hydrogens is 414 g/mol. The molecule has 4 heterocycles. The van der Waals surface area contributed by atoms with Crippen LogP contribution in [0.1, 0.15) is 28.9 Å². The van der Waals surface area contributed by atoms with Gasteiger partial charge in [0.1, 0.15) is 10.8 Å². The van der Waals surface area contributed by atoms with Crippen LogP contribution in [0.15, 0.2) is 16.8 Å². The highest BCUT2D eigenvalue weighted by Gasteiger charge is 2.23. The monoisotopic (exact) mass is 439 g/mol. The van der Waals surface area contributed by atoms with Crippen LogP contribution in [0.2, 0.25) is 0 Å². The quantitative estimate of drug-likeness (QED) is 0.603. The summed E-state index contributed by atoms with van der Waals surface area (Å²) in [5.41, 5.74) is 11.2. The third-order valence-electron chi connectivity index (χ3n) is 5.26. The number of rotatable bonds is 5. The van der Waals surface area contributed by atoms with Crippen molar-refractivity contribution >= 4 is 40.7 Å². The standard InChI is InChI=1S/C21H25N7O2S/c1-11-8-23-15(12(2)18(11)30-5)9-28-19-17-14(26-28)6-13(7-16(29)27(3)4)10-31-20(17)25-21(22)24-19/h6,8H,7,9-10H2,1-5H3,(H2,22,24,25). The Kier molecular flexibility index (Phi) is 5.57. The molecule has 9 nitrogen and oxygen atoms in total. The van der Waals surface area contributed by atoms with Gasteiger partial charge in [-0.3, -0.25) is 9.78 Å². The van der Waals surface area contributed by atoms with Crippen molar-refractivity contribution in [3.05, 3.63) is 34.3 Å². The number of nitrogens with two attached hydrogens (primary N) is 1. The van der Waals surface area contributed by atoms with Gasteiger partial charge in [0.05, 0.1) is 30.4 Å². The van der Waals surface area contributed by atoms with E-state index in [1.165, 1.54) is 0 Å². The molecule has 0 bridgehead atoms. The minimum absolute atomic E-state index is 0.0469. The first-order valence-corrected chi connectivity index (χ1v) is 10.8. The average Bonchev–Trinajstić information content (AvgIpc) is 2.95. The highest BCUT2D eigenvalue weighted by Crippen LogP contribution is 2.35. The Morgan fingerprint density at radius 3 is 2.81 bits per heavy atom. The largest absolute Gasteiger partial charge is 0.496 e. The van der Waals surface area contributed by atoms with E-state index in [2.05, 4.69) is 15.0 Å². The lowest BCUT2D eigenvalue weighted by Crippen LogP contribution is -2.22. The molecule has 0 fully saturated rings. The van der Waals surface area contributed by atoms with Crippen LogP contribution < -0.4 is 10.5 Å². The van der Waals surface area contributed by atoms with E-state index in [9.17, 15) is 4.79 Å². The summed E-state index contributed by atoms with van der Waals surface area (Å²) in [5, 5.41) is 6.43. The molecule has 1 aliphatic heterocycles. The van der Waals surface area contributed by atoms with Crippen LogP contribution in [0.25, 0.3) is 17.1 Å². The minimum Gasteiger partial charge on any atom is -0.496 e. The second-order valence-electron chi connectivity index (χ2n) is 7.73. The number of amides is 1. The number of ether oxygens (including phenoxy) is 1. The van der Waals surface area contributed by atoms with Crippen LogP contribution in [-0.2, 0) is 11.3 Å². The summed E-state index contributed by atoms with van der Waals surface area (Å²) < 4.78 is 7.33. The van der Waals surface area contributed by atoms with Crippen molar-refractivity contribution in [2.75, 3.05) is 32.7 Å². The van der Waals surface area contributed by atoms with Gasteiger partial charge in [-0.2, -0.15) is 10.1 Å². The molecule has 162 valence electrons. The minimum atomic E-state index is 0.0469. The number of pyridine rings is 1. The van der Waals surface area contributed by atoms with E-state index in [-0.39, 0.29) is 11.9 Å². The fourth-order valence-electron chi connectivity index (χ4n) is 3.62. The molecular formula is C21H25N7O2S. The Bertz CT molecular complexity index is 1220. The smallest absolute Gasteiger partial charge is 0.226 e. The molecule has 10 heteroatoms. The molecule has 0 atom stereocenters. The van der Waals surface area contributed by atoms with Crippen molar-refractivity contribution in [2.45, 2.75) is 31.8 Å². The average molecular weight is 440 g/mol. The van der Waals surface area contributed by atoms with E-state index in [0.717, 1.165) is 44.2 Å². The maximum atomic E-state index is 12.2. The molecule has 3 aromatic heterocycles. The first kappa shape index (κ1) is 21.1. The number of aryl methyl sites for hydroxylation is 1. The van der Waals surface area contributed by atoms with Crippen molar-refractivity contribution in [1.82, 2.24) is 29.6 Å². The lowest BCUT2D eigenvalue weighted by atomic mass is 10.1. The van der Waals surface area contributed by atoms with Crippen LogP contribution in [-0.4, -0.2) is 62.5 Å². The molecule has 31 heavy (non-hydrogen) atoms. The predicted octanol–water partition coefficient (Wildman–Crippen LogP) is 2.44. The normalized spacial score (nSPS) is 13.1. The highest BCUT2D eigenvalue weighted by molar-refractivity contribution is 7.99. The zero-order valence-corrected chi connectivity index (χ0v) is 19.1. The van der Waals surface area contributed by atoms with E-state index < -0.39 is 0 Å². The number of aromatic nitrogens is 5. The maximum absolute atomic E-state index is 12.2. The van der Waals surface area contributed by atoms with Crippen LogP contribution in [0.5, 0.6) is 5.75 Å². The second-order valence-corrected chi connectivity index (χ2v) is 8.69. The summed E-state index contributed by atoms with van der Waals surface area (Å²) in [5.74, 6) is 1.71. The predicted molar refractivity (Wildman–Crippen MR) is 121 cm³/mol. The van der Waals surface area contributed by atoms with E-state index in [1.807, 2.05) is 19.9 Å². The summed E-state index contributed by atoms with van der Waals surface area (Å²) in [7, 11) is 5.17. The van der Waals surface area contributed by atoms with Gasteiger partial charge in [-0.25, -0.2) is 9.67 Å². The molecule has 4 rings (SSSR count). The van der Waals surface area contributed by atoms with Gasteiger partial charge >= 0.3 is 0 Å². The summed E-state index contributed by atoms with van der Waals surface area (Å²) in [6.07, 6.45) is 4.10. The third kappa shape index (κ3) is 3.95. The molecule has 0 aliphatic carbocycles. The summed E-state index contributed by atoms with van der Waals surface area (Å²) in [6.45, 7) is 4.37. The Labute approximate surface area is 184 Å². The van der Waals surface area contributed by atoms with Gasteiger partial charge in [0.15, 0.2) is 5.65 Å². The van der Waals surface area contributed by atoms with E-state index in [0.29, 0.717) is 24.4 Å². The lowest BCUT2D eigenvalue weighted by molar-refractivity contribution is -0.127. The van der Waals surface area contributed by atoms with Crippen molar-refractivity contribution in [1.29, 1.82) is 0 Å². The Morgan fingerprint density at radius 2 is 2.10 bits per heavy atom. The van der Waals surface area contributed by atoms with Gasteiger partial charge in [0, 0.05) is 43.6 Å². The maximum Gasteiger partial charge on any atom is 0.226 e. The fourth-order valence-corrected chi connectivity index (χ4v) is 4.63. The van der Waals surface area contributed by atoms with Crippen LogP contribution >= 0.6 is 11.8 Å². The Morgan fingerprint density at radius 1 is 1.32 bits per heavy atom. The summed E-state index contributed by atoms with van der Waals surface area (Å²) in [6, 6.07) is 0. The SMILES string of the molecule is COc1c(C)cnc(Cn2nc3c4c(nc(N)nc42)SCC(CC(=O)N(C)C)=C3)c1C. The van der Waals surface area contributed by atoms with E-state index >= 15 is 0 Å². The molecule has 2 N–H and O–H groups in total. The van der Waals surface area contributed by atoms with Gasteiger partial charge in [0.2, 0.25) is 11.9 Å².